The third-order valence-corrected chi connectivity index (χ3v) is 14.9. The zero-order valence-electron chi connectivity index (χ0n) is 36.6. The van der Waals surface area contributed by atoms with Gasteiger partial charge >= 0.3 is 0 Å². The Hall–Kier alpha value is -7.10. The summed E-state index contributed by atoms with van der Waals surface area (Å²) in [5.74, 6) is 0. The van der Waals surface area contributed by atoms with E-state index >= 15 is 0 Å². The van der Waals surface area contributed by atoms with Crippen LogP contribution in [0.4, 0.5) is 0 Å². The summed E-state index contributed by atoms with van der Waals surface area (Å²) in [6.45, 7) is 14.2. The fourth-order valence-electron chi connectivity index (χ4n) is 12.0. The Kier molecular flexibility index (Phi) is 6.69. The molecule has 0 radical (unpaired) electrons. The van der Waals surface area contributed by atoms with Crippen molar-refractivity contribution in [1.29, 1.82) is 0 Å². The van der Waals surface area contributed by atoms with E-state index < -0.39 is 0 Å². The number of fused-ring (bicyclic) bond motifs is 12. The van der Waals surface area contributed by atoms with E-state index in [1.807, 2.05) is 0 Å². The van der Waals surface area contributed by atoms with Crippen molar-refractivity contribution in [2.24, 2.45) is 0 Å². The van der Waals surface area contributed by atoms with Gasteiger partial charge in [0.2, 0.25) is 0 Å². The largest absolute Gasteiger partial charge is 0.310 e. The molecule has 4 heterocycles. The summed E-state index contributed by atoms with van der Waals surface area (Å²) in [4.78, 5) is 0. The second kappa shape index (κ2) is 11.9. The highest BCUT2D eigenvalue weighted by molar-refractivity contribution is 7.02. The van der Waals surface area contributed by atoms with Gasteiger partial charge in [-0.25, -0.2) is 0 Å². The number of hydrogen-bond acceptors (Lipinski definition) is 0. The second-order valence-electron chi connectivity index (χ2n) is 20.5. The summed E-state index contributed by atoms with van der Waals surface area (Å²) in [7, 11) is 0. The van der Waals surface area contributed by atoms with E-state index in [1.54, 1.807) is 0 Å². The van der Waals surface area contributed by atoms with Crippen LogP contribution in [0.3, 0.4) is 0 Å². The Balaban J connectivity index is 1.22. The smallest absolute Gasteiger partial charge is 0.253 e. The summed E-state index contributed by atoms with van der Waals surface area (Å²) in [5.41, 5.74) is 19.7. The van der Waals surface area contributed by atoms with Crippen molar-refractivity contribution in [3.63, 3.8) is 0 Å². The topological polar surface area (TPSA) is 9.86 Å². The molecule has 0 saturated heterocycles. The summed E-state index contributed by atoms with van der Waals surface area (Å²) < 4.78 is 5.28. The lowest BCUT2D eigenvalue weighted by molar-refractivity contribution is 0.590. The molecule has 0 bridgehead atoms. The zero-order valence-corrected chi connectivity index (χ0v) is 36.6. The van der Waals surface area contributed by atoms with Gasteiger partial charge in [-0.2, -0.15) is 0 Å². The normalized spacial score (nSPS) is 13.5. The minimum Gasteiger partial charge on any atom is -0.310 e. The summed E-state index contributed by atoms with van der Waals surface area (Å²) >= 11 is 0. The monoisotopic (exact) mass is 804 g/mol. The summed E-state index contributed by atoms with van der Waals surface area (Å²) in [6.07, 6.45) is 0. The van der Waals surface area contributed by atoms with Gasteiger partial charge in [-0.1, -0.05) is 169 Å². The minimum atomic E-state index is -0.0518. The molecule has 0 amide bonds. The van der Waals surface area contributed by atoms with Crippen LogP contribution >= 0.6 is 0 Å². The van der Waals surface area contributed by atoms with E-state index in [1.165, 1.54) is 137 Å². The van der Waals surface area contributed by atoms with Gasteiger partial charge in [0, 0.05) is 38.4 Å². The lowest BCUT2D eigenvalue weighted by atomic mass is 9.33. The molecular formula is C60H45BN2. The van der Waals surface area contributed by atoms with Crippen LogP contribution in [0.1, 0.15) is 52.7 Å². The fraction of sp³-hybridized carbons (Fsp3) is 0.133. The molecule has 0 aliphatic carbocycles. The van der Waals surface area contributed by atoms with Crippen LogP contribution < -0.4 is 16.4 Å². The molecule has 10 aromatic carbocycles. The van der Waals surface area contributed by atoms with Gasteiger partial charge in [-0.05, 0) is 129 Å². The van der Waals surface area contributed by atoms with Crippen LogP contribution in [0.15, 0.2) is 164 Å². The predicted molar refractivity (Wildman–Crippen MR) is 272 cm³/mol. The van der Waals surface area contributed by atoms with E-state index in [4.69, 9.17) is 0 Å². The number of hydrogen-bond donors (Lipinski definition) is 0. The minimum absolute atomic E-state index is 0.0194. The summed E-state index contributed by atoms with van der Waals surface area (Å²) in [6, 6.07) is 62.9. The van der Waals surface area contributed by atoms with Crippen LogP contribution in [-0.4, -0.2) is 15.8 Å². The molecule has 2 nitrogen and oxygen atoms in total. The van der Waals surface area contributed by atoms with Gasteiger partial charge in [0.05, 0.1) is 16.6 Å². The molecule has 0 unspecified atom stereocenters. The Morgan fingerprint density at radius 2 is 1.03 bits per heavy atom. The molecule has 0 fully saturated rings. The van der Waals surface area contributed by atoms with Crippen molar-refractivity contribution in [2.75, 3.05) is 0 Å². The molecule has 14 rings (SSSR count). The number of benzene rings is 10. The van der Waals surface area contributed by atoms with Crippen LogP contribution in [0, 0.1) is 0 Å². The molecule has 2 aliphatic rings. The first-order valence-corrected chi connectivity index (χ1v) is 22.6. The number of nitrogens with zero attached hydrogens (tertiary/aromatic N) is 2. The highest BCUT2D eigenvalue weighted by atomic mass is 15.0. The van der Waals surface area contributed by atoms with Gasteiger partial charge in [-0.3, -0.25) is 0 Å². The maximum atomic E-state index is 2.66. The molecule has 0 atom stereocenters. The first-order valence-electron chi connectivity index (χ1n) is 22.6. The Bertz CT molecular complexity index is 3960. The van der Waals surface area contributed by atoms with Crippen molar-refractivity contribution in [1.82, 2.24) is 9.13 Å². The lowest BCUT2D eigenvalue weighted by Gasteiger charge is -2.35. The Morgan fingerprint density at radius 3 is 1.78 bits per heavy atom. The maximum absolute atomic E-state index is 2.66. The van der Waals surface area contributed by atoms with Gasteiger partial charge in [0.15, 0.2) is 0 Å². The van der Waals surface area contributed by atoms with Gasteiger partial charge in [0.1, 0.15) is 0 Å². The molecule has 2 aromatic heterocycles. The Labute approximate surface area is 367 Å². The summed E-state index contributed by atoms with van der Waals surface area (Å²) in [5, 5.41) is 13.4. The van der Waals surface area contributed by atoms with Gasteiger partial charge in [-0.15, -0.1) is 0 Å². The third-order valence-electron chi connectivity index (χ3n) is 14.9. The zero-order chi connectivity index (χ0) is 42.3. The van der Waals surface area contributed by atoms with Crippen molar-refractivity contribution in [2.45, 2.75) is 52.4 Å². The van der Waals surface area contributed by atoms with E-state index in [9.17, 15) is 0 Å². The first kappa shape index (κ1) is 35.5. The average Bonchev–Trinajstić information content (AvgIpc) is 3.82. The fourth-order valence-corrected chi connectivity index (χ4v) is 12.0. The van der Waals surface area contributed by atoms with Crippen LogP contribution in [0.2, 0.25) is 0 Å². The molecular weight excluding hydrogens is 759 g/mol. The standard InChI is InChI=1S/C60H45BN2/c1-59(2,3)38-23-29-48-45(31-38)46-32-39(60(4,5)6)33-47-57(46)62(48)49-18-13-19-50-56(49)61(47)55-44-28-27-41-40(35-16-11-8-12-17-35)24-20-36-21-26-43(53(44)52(36)41)54-42-25-22-37(34-14-9-7-10-15-34)30-51(42)63(50)58(54)55/h7-33H,1-6H3. The van der Waals surface area contributed by atoms with Gasteiger partial charge in [0.25, 0.3) is 6.71 Å². The van der Waals surface area contributed by atoms with E-state index in [2.05, 4.69) is 214 Å². The second-order valence-corrected chi connectivity index (χ2v) is 20.5. The molecule has 0 N–H and O–H groups in total. The third kappa shape index (κ3) is 4.54. The molecule has 3 heteroatoms. The van der Waals surface area contributed by atoms with Crippen molar-refractivity contribution in [3.8, 4) is 33.6 Å². The molecule has 12 aromatic rings. The average molecular weight is 805 g/mol. The first-order chi connectivity index (χ1) is 30.5. The SMILES string of the molecule is CC(C)(C)c1ccc2c(c1)c1cc(C(C)(C)C)cc3c1n2-c1cccc2c1B3c1c3ccc4c(-c5ccccc5)ccc5ccc(c3c54)c3c4ccc(-c5ccccc5)cc4n-2c13. The molecule has 0 spiro atoms. The molecule has 0 saturated carbocycles. The van der Waals surface area contributed by atoms with E-state index in [-0.39, 0.29) is 17.5 Å². The van der Waals surface area contributed by atoms with Crippen LogP contribution in [0.5, 0.6) is 0 Å². The van der Waals surface area contributed by atoms with E-state index in [0.717, 1.165) is 0 Å². The van der Waals surface area contributed by atoms with Crippen molar-refractivity contribution < 1.29 is 0 Å². The number of aromatic nitrogens is 2. The number of rotatable bonds is 2. The molecule has 298 valence electrons. The van der Waals surface area contributed by atoms with Gasteiger partial charge < -0.3 is 9.13 Å². The predicted octanol–water partition coefficient (Wildman–Crippen LogP) is 13.9. The van der Waals surface area contributed by atoms with E-state index in [0.29, 0.717) is 0 Å². The van der Waals surface area contributed by atoms with Crippen molar-refractivity contribution >= 4 is 99.0 Å². The molecule has 2 aliphatic heterocycles. The lowest BCUT2D eigenvalue weighted by Crippen LogP contribution is -2.59. The molecule has 63 heavy (non-hydrogen) atoms. The quantitative estimate of drug-likeness (QED) is 0.122. The Morgan fingerprint density at radius 1 is 0.381 bits per heavy atom. The maximum Gasteiger partial charge on any atom is 0.253 e. The van der Waals surface area contributed by atoms with Crippen molar-refractivity contribution in [3.05, 3.63) is 175 Å². The highest BCUT2D eigenvalue weighted by Gasteiger charge is 2.43. The van der Waals surface area contributed by atoms with Crippen LogP contribution in [0.25, 0.3) is 110 Å². The highest BCUT2D eigenvalue weighted by Crippen LogP contribution is 2.48. The van der Waals surface area contributed by atoms with Crippen LogP contribution in [-0.2, 0) is 10.8 Å².